The van der Waals surface area contributed by atoms with Gasteiger partial charge in [-0.25, -0.2) is 0 Å². The summed E-state index contributed by atoms with van der Waals surface area (Å²) in [5.74, 6) is 0.809. The van der Waals surface area contributed by atoms with Crippen molar-refractivity contribution in [3.63, 3.8) is 0 Å². The molecule has 0 fully saturated rings. The van der Waals surface area contributed by atoms with E-state index in [4.69, 9.17) is 4.42 Å². The quantitative estimate of drug-likeness (QED) is 0.757. The smallest absolute Gasteiger partial charge is 0.236 e. The van der Waals surface area contributed by atoms with E-state index < -0.39 is 0 Å². The van der Waals surface area contributed by atoms with Crippen molar-refractivity contribution in [1.29, 1.82) is 0 Å². The second-order valence-corrected chi connectivity index (χ2v) is 3.24. The molecule has 1 amide bonds. The van der Waals surface area contributed by atoms with Gasteiger partial charge in [-0.05, 0) is 26.0 Å². The lowest BCUT2D eigenvalue weighted by Crippen LogP contribution is -2.41. The third-order valence-electron chi connectivity index (χ3n) is 2.11. The standard InChI is InChI=1S/C10H16N2O2/c1-7(9-5-4-6-14-9)12-8(2)10(13)11-3/h4-8,12H,1-3H3,(H,11,13)/t7-,8?/m0/s1. The molecule has 0 spiro atoms. The molecule has 0 aromatic carbocycles. The highest BCUT2D eigenvalue weighted by atomic mass is 16.3. The van der Waals surface area contributed by atoms with Crippen molar-refractivity contribution in [3.05, 3.63) is 24.2 Å². The van der Waals surface area contributed by atoms with Gasteiger partial charge in [0.2, 0.25) is 5.91 Å². The zero-order valence-electron chi connectivity index (χ0n) is 8.70. The summed E-state index contributed by atoms with van der Waals surface area (Å²) in [4.78, 5) is 11.2. The van der Waals surface area contributed by atoms with Gasteiger partial charge in [-0.1, -0.05) is 0 Å². The van der Waals surface area contributed by atoms with Gasteiger partial charge in [-0.3, -0.25) is 10.1 Å². The summed E-state index contributed by atoms with van der Waals surface area (Å²) in [7, 11) is 1.62. The molecule has 4 heteroatoms. The van der Waals surface area contributed by atoms with Crippen LogP contribution >= 0.6 is 0 Å². The number of likely N-dealkylation sites (N-methyl/N-ethyl adjacent to an activating group) is 1. The Morgan fingerprint density at radius 2 is 2.21 bits per heavy atom. The van der Waals surface area contributed by atoms with E-state index in [9.17, 15) is 4.79 Å². The zero-order valence-corrected chi connectivity index (χ0v) is 8.70. The van der Waals surface area contributed by atoms with Crippen LogP contribution in [0.4, 0.5) is 0 Å². The summed E-state index contributed by atoms with van der Waals surface area (Å²) >= 11 is 0. The number of hydrogen-bond acceptors (Lipinski definition) is 3. The van der Waals surface area contributed by atoms with Crippen LogP contribution in [0.15, 0.2) is 22.8 Å². The number of furan rings is 1. The van der Waals surface area contributed by atoms with Crippen LogP contribution in [0.5, 0.6) is 0 Å². The summed E-state index contributed by atoms with van der Waals surface area (Å²) in [6.45, 7) is 3.77. The molecule has 0 aliphatic heterocycles. The van der Waals surface area contributed by atoms with Crippen molar-refractivity contribution in [2.75, 3.05) is 7.05 Å². The van der Waals surface area contributed by atoms with Crippen LogP contribution < -0.4 is 10.6 Å². The molecule has 0 saturated heterocycles. The van der Waals surface area contributed by atoms with Gasteiger partial charge in [-0.2, -0.15) is 0 Å². The molecule has 0 aliphatic carbocycles. The van der Waals surface area contributed by atoms with Crippen molar-refractivity contribution in [2.45, 2.75) is 25.9 Å². The molecule has 1 unspecified atom stereocenters. The van der Waals surface area contributed by atoms with Crippen LogP contribution in [-0.4, -0.2) is 19.0 Å². The third kappa shape index (κ3) is 2.60. The maximum Gasteiger partial charge on any atom is 0.236 e. The number of nitrogens with one attached hydrogen (secondary N) is 2. The Balaban J connectivity index is 2.49. The van der Waals surface area contributed by atoms with E-state index in [1.54, 1.807) is 13.3 Å². The predicted octanol–water partition coefficient (Wildman–Crippen LogP) is 1.06. The fraction of sp³-hybridized carbons (Fsp3) is 0.500. The fourth-order valence-electron chi connectivity index (χ4n) is 1.29. The Bertz CT molecular complexity index is 282. The molecule has 2 N–H and O–H groups in total. The lowest BCUT2D eigenvalue weighted by Gasteiger charge is -2.16. The van der Waals surface area contributed by atoms with E-state index in [1.807, 2.05) is 26.0 Å². The first kappa shape index (κ1) is 10.8. The number of hydrogen-bond donors (Lipinski definition) is 2. The van der Waals surface area contributed by atoms with Gasteiger partial charge < -0.3 is 9.73 Å². The monoisotopic (exact) mass is 196 g/mol. The number of carbonyl (C=O) groups is 1. The van der Waals surface area contributed by atoms with Crippen LogP contribution in [0.1, 0.15) is 25.6 Å². The number of amides is 1. The van der Waals surface area contributed by atoms with Gasteiger partial charge in [0, 0.05) is 7.05 Å². The van der Waals surface area contributed by atoms with Crippen LogP contribution in [0.2, 0.25) is 0 Å². The molecular weight excluding hydrogens is 180 g/mol. The van der Waals surface area contributed by atoms with Crippen LogP contribution in [0.3, 0.4) is 0 Å². The first-order valence-corrected chi connectivity index (χ1v) is 4.66. The minimum atomic E-state index is -0.222. The second kappa shape index (κ2) is 4.81. The molecule has 78 valence electrons. The molecule has 1 aromatic heterocycles. The normalized spacial score (nSPS) is 14.8. The Hall–Kier alpha value is -1.29. The van der Waals surface area contributed by atoms with Crippen molar-refractivity contribution in [1.82, 2.24) is 10.6 Å². The number of rotatable bonds is 4. The molecular formula is C10H16N2O2. The maximum atomic E-state index is 11.2. The second-order valence-electron chi connectivity index (χ2n) is 3.24. The van der Waals surface area contributed by atoms with E-state index in [1.165, 1.54) is 0 Å². The minimum absolute atomic E-state index is 0.0246. The molecule has 14 heavy (non-hydrogen) atoms. The largest absolute Gasteiger partial charge is 0.468 e. The Labute approximate surface area is 83.7 Å². The van der Waals surface area contributed by atoms with E-state index in [2.05, 4.69) is 10.6 Å². The Kier molecular flexibility index (Phi) is 3.71. The van der Waals surface area contributed by atoms with Gasteiger partial charge in [0.25, 0.3) is 0 Å². The van der Waals surface area contributed by atoms with Gasteiger partial charge in [0.1, 0.15) is 5.76 Å². The highest BCUT2D eigenvalue weighted by molar-refractivity contribution is 5.80. The average molecular weight is 196 g/mol. The van der Waals surface area contributed by atoms with E-state index in [0.29, 0.717) is 0 Å². The first-order chi connectivity index (χ1) is 6.65. The van der Waals surface area contributed by atoms with Gasteiger partial charge >= 0.3 is 0 Å². The molecule has 1 heterocycles. The first-order valence-electron chi connectivity index (χ1n) is 4.66. The summed E-state index contributed by atoms with van der Waals surface area (Å²) in [6, 6.07) is 3.53. The maximum absolute atomic E-state index is 11.2. The highest BCUT2D eigenvalue weighted by Gasteiger charge is 2.15. The van der Waals surface area contributed by atoms with Crippen molar-refractivity contribution in [2.24, 2.45) is 0 Å². The van der Waals surface area contributed by atoms with Crippen LogP contribution in [0, 0.1) is 0 Å². The summed E-state index contributed by atoms with van der Waals surface area (Å²) < 4.78 is 5.22. The van der Waals surface area contributed by atoms with E-state index >= 15 is 0 Å². The van der Waals surface area contributed by atoms with Gasteiger partial charge in [-0.15, -0.1) is 0 Å². The molecule has 1 rings (SSSR count). The summed E-state index contributed by atoms with van der Waals surface area (Å²) in [6.07, 6.45) is 1.62. The van der Waals surface area contributed by atoms with Gasteiger partial charge in [0.05, 0.1) is 18.3 Å². The third-order valence-corrected chi connectivity index (χ3v) is 2.11. The molecule has 0 radical (unpaired) electrons. The molecule has 4 nitrogen and oxygen atoms in total. The van der Waals surface area contributed by atoms with E-state index in [0.717, 1.165) is 5.76 Å². The van der Waals surface area contributed by atoms with E-state index in [-0.39, 0.29) is 18.0 Å². The SMILES string of the molecule is CNC(=O)C(C)N[C@@H](C)c1ccco1. The van der Waals surface area contributed by atoms with Crippen molar-refractivity contribution in [3.8, 4) is 0 Å². The molecule has 1 aromatic rings. The van der Waals surface area contributed by atoms with Crippen molar-refractivity contribution >= 4 is 5.91 Å². The lowest BCUT2D eigenvalue weighted by atomic mass is 10.2. The molecule has 0 saturated carbocycles. The van der Waals surface area contributed by atoms with Gasteiger partial charge in [0.15, 0.2) is 0 Å². The topological polar surface area (TPSA) is 54.3 Å². The van der Waals surface area contributed by atoms with Crippen LogP contribution in [0.25, 0.3) is 0 Å². The summed E-state index contributed by atoms with van der Waals surface area (Å²) in [5.41, 5.74) is 0. The number of carbonyl (C=O) groups excluding carboxylic acids is 1. The lowest BCUT2D eigenvalue weighted by molar-refractivity contribution is -0.122. The predicted molar refractivity (Wildman–Crippen MR) is 53.8 cm³/mol. The average Bonchev–Trinajstić information content (AvgIpc) is 2.69. The minimum Gasteiger partial charge on any atom is -0.468 e. The molecule has 0 bridgehead atoms. The highest BCUT2D eigenvalue weighted by Crippen LogP contribution is 2.12. The molecule has 2 atom stereocenters. The fourth-order valence-corrected chi connectivity index (χ4v) is 1.29. The van der Waals surface area contributed by atoms with Crippen LogP contribution in [-0.2, 0) is 4.79 Å². The summed E-state index contributed by atoms with van der Waals surface area (Å²) in [5, 5.41) is 5.71. The Morgan fingerprint density at radius 3 is 2.71 bits per heavy atom. The zero-order chi connectivity index (χ0) is 10.6. The van der Waals surface area contributed by atoms with Crippen molar-refractivity contribution < 1.29 is 9.21 Å². The molecule has 0 aliphatic rings. The Morgan fingerprint density at radius 1 is 1.50 bits per heavy atom.